The molecule has 0 fully saturated rings. The van der Waals surface area contributed by atoms with Crippen molar-refractivity contribution in [2.24, 2.45) is 0 Å². The molecule has 0 aliphatic rings. The first-order valence-corrected chi connectivity index (χ1v) is 7.27. The summed E-state index contributed by atoms with van der Waals surface area (Å²) in [5, 5.41) is 11.6. The van der Waals surface area contributed by atoms with E-state index < -0.39 is 0 Å². The molecule has 0 saturated heterocycles. The minimum atomic E-state index is -0.165. The molecule has 19 heavy (non-hydrogen) atoms. The number of carbonyl (C=O) groups excluding carboxylic acids is 1. The number of aromatic nitrogens is 3. The van der Waals surface area contributed by atoms with Crippen molar-refractivity contribution in [1.29, 1.82) is 0 Å². The van der Waals surface area contributed by atoms with Gasteiger partial charge in [-0.15, -0.1) is 10.2 Å². The first-order chi connectivity index (χ1) is 8.98. The van der Waals surface area contributed by atoms with Crippen LogP contribution in [0.3, 0.4) is 0 Å². The van der Waals surface area contributed by atoms with Crippen molar-refractivity contribution in [3.05, 3.63) is 6.33 Å². The maximum atomic E-state index is 11.8. The SMILES string of the molecule is CCC(C)(C)NC(=O)CSc1nncn1CCOC. The Morgan fingerprint density at radius 2 is 2.32 bits per heavy atom. The Morgan fingerprint density at radius 3 is 2.95 bits per heavy atom. The predicted molar refractivity (Wildman–Crippen MR) is 75.1 cm³/mol. The van der Waals surface area contributed by atoms with Crippen molar-refractivity contribution in [2.75, 3.05) is 19.5 Å². The Labute approximate surface area is 118 Å². The molecule has 1 amide bonds. The van der Waals surface area contributed by atoms with Gasteiger partial charge in [-0.1, -0.05) is 18.7 Å². The third-order valence-electron chi connectivity index (χ3n) is 2.81. The lowest BCUT2D eigenvalue weighted by Crippen LogP contribution is -2.43. The lowest BCUT2D eigenvalue weighted by molar-refractivity contribution is -0.120. The van der Waals surface area contributed by atoms with Crippen LogP contribution in [-0.2, 0) is 16.1 Å². The third kappa shape index (κ3) is 5.61. The maximum absolute atomic E-state index is 11.8. The molecule has 1 aromatic rings. The van der Waals surface area contributed by atoms with E-state index in [0.717, 1.165) is 11.6 Å². The Bertz CT molecular complexity index is 406. The van der Waals surface area contributed by atoms with Crippen LogP contribution in [0.4, 0.5) is 0 Å². The van der Waals surface area contributed by atoms with Gasteiger partial charge in [-0.2, -0.15) is 0 Å². The molecule has 1 heterocycles. The van der Waals surface area contributed by atoms with Gasteiger partial charge in [0.1, 0.15) is 6.33 Å². The summed E-state index contributed by atoms with van der Waals surface area (Å²) in [4.78, 5) is 11.8. The molecule has 0 spiro atoms. The van der Waals surface area contributed by atoms with Gasteiger partial charge in [0.25, 0.3) is 0 Å². The van der Waals surface area contributed by atoms with Crippen LogP contribution in [0.25, 0.3) is 0 Å². The summed E-state index contributed by atoms with van der Waals surface area (Å²) in [6.07, 6.45) is 2.54. The monoisotopic (exact) mass is 286 g/mol. The molecule has 6 nitrogen and oxygen atoms in total. The molecule has 1 aromatic heterocycles. The molecule has 1 rings (SSSR count). The molecule has 0 aromatic carbocycles. The fourth-order valence-corrected chi connectivity index (χ4v) is 2.07. The highest BCUT2D eigenvalue weighted by atomic mass is 32.2. The highest BCUT2D eigenvalue weighted by Gasteiger charge is 2.18. The van der Waals surface area contributed by atoms with Crippen LogP contribution in [0.2, 0.25) is 0 Å². The summed E-state index contributed by atoms with van der Waals surface area (Å²) >= 11 is 1.39. The lowest BCUT2D eigenvalue weighted by atomic mass is 10.0. The lowest BCUT2D eigenvalue weighted by Gasteiger charge is -2.24. The van der Waals surface area contributed by atoms with Crippen LogP contribution in [0, 0.1) is 0 Å². The van der Waals surface area contributed by atoms with E-state index in [2.05, 4.69) is 22.4 Å². The van der Waals surface area contributed by atoms with Crippen LogP contribution >= 0.6 is 11.8 Å². The predicted octanol–water partition coefficient (Wildman–Crippen LogP) is 1.32. The Kier molecular flexibility index (Phi) is 6.30. The molecule has 0 aliphatic heterocycles. The Balaban J connectivity index is 2.44. The van der Waals surface area contributed by atoms with Gasteiger partial charge in [-0.3, -0.25) is 4.79 Å². The summed E-state index contributed by atoms with van der Waals surface area (Å²) in [6.45, 7) is 7.36. The Hall–Kier alpha value is -1.08. The highest BCUT2D eigenvalue weighted by Crippen LogP contribution is 2.15. The van der Waals surface area contributed by atoms with Gasteiger partial charge in [0.05, 0.1) is 12.4 Å². The molecule has 0 saturated carbocycles. The molecule has 0 aliphatic carbocycles. The van der Waals surface area contributed by atoms with Crippen molar-refractivity contribution in [3.8, 4) is 0 Å². The number of thioether (sulfide) groups is 1. The number of nitrogens with zero attached hydrogens (tertiary/aromatic N) is 3. The summed E-state index contributed by atoms with van der Waals surface area (Å²) in [7, 11) is 1.65. The second kappa shape index (κ2) is 7.49. The fourth-order valence-electron chi connectivity index (χ4n) is 1.33. The van der Waals surface area contributed by atoms with Crippen LogP contribution < -0.4 is 5.32 Å². The topological polar surface area (TPSA) is 69.0 Å². The van der Waals surface area contributed by atoms with Gasteiger partial charge < -0.3 is 14.6 Å². The van der Waals surface area contributed by atoms with Crippen LogP contribution in [0.1, 0.15) is 27.2 Å². The van der Waals surface area contributed by atoms with Crippen molar-refractivity contribution in [2.45, 2.75) is 44.4 Å². The highest BCUT2D eigenvalue weighted by molar-refractivity contribution is 7.99. The van der Waals surface area contributed by atoms with E-state index >= 15 is 0 Å². The van der Waals surface area contributed by atoms with E-state index in [1.807, 2.05) is 18.4 Å². The Morgan fingerprint density at radius 1 is 1.58 bits per heavy atom. The molecule has 0 unspecified atom stereocenters. The van der Waals surface area contributed by atoms with Gasteiger partial charge in [0.2, 0.25) is 5.91 Å². The van der Waals surface area contributed by atoms with E-state index in [1.54, 1.807) is 13.4 Å². The quantitative estimate of drug-likeness (QED) is 0.730. The average Bonchev–Trinajstić information content (AvgIpc) is 2.81. The summed E-state index contributed by atoms with van der Waals surface area (Å²) < 4.78 is 6.89. The zero-order valence-electron chi connectivity index (χ0n) is 12.0. The molecular weight excluding hydrogens is 264 g/mol. The number of rotatable bonds is 8. The number of hydrogen-bond donors (Lipinski definition) is 1. The first kappa shape index (κ1) is 16.0. The number of hydrogen-bond acceptors (Lipinski definition) is 5. The second-order valence-electron chi connectivity index (χ2n) is 4.87. The van der Waals surface area contributed by atoms with E-state index in [-0.39, 0.29) is 11.4 Å². The molecule has 1 N–H and O–H groups in total. The smallest absolute Gasteiger partial charge is 0.230 e. The standard InChI is InChI=1S/C12H22N4O2S/c1-5-12(2,3)14-10(17)8-19-11-15-13-9-16(11)6-7-18-4/h9H,5-8H2,1-4H3,(H,14,17). The van der Waals surface area contributed by atoms with Gasteiger partial charge in [0, 0.05) is 19.2 Å². The van der Waals surface area contributed by atoms with Gasteiger partial charge in [-0.05, 0) is 20.3 Å². The molecule has 7 heteroatoms. The summed E-state index contributed by atoms with van der Waals surface area (Å²) in [6, 6.07) is 0. The molecule has 0 radical (unpaired) electrons. The third-order valence-corrected chi connectivity index (χ3v) is 3.79. The van der Waals surface area contributed by atoms with Crippen LogP contribution in [-0.4, -0.2) is 45.7 Å². The van der Waals surface area contributed by atoms with Gasteiger partial charge >= 0.3 is 0 Å². The van der Waals surface area contributed by atoms with Crippen LogP contribution in [0.5, 0.6) is 0 Å². The van der Waals surface area contributed by atoms with Gasteiger partial charge in [-0.25, -0.2) is 0 Å². The number of amides is 1. The van der Waals surface area contributed by atoms with E-state index in [0.29, 0.717) is 18.9 Å². The number of carbonyl (C=O) groups is 1. The summed E-state index contributed by atoms with van der Waals surface area (Å²) in [5.41, 5.74) is -0.165. The minimum Gasteiger partial charge on any atom is -0.383 e. The molecular formula is C12H22N4O2S. The van der Waals surface area contributed by atoms with Crippen molar-refractivity contribution < 1.29 is 9.53 Å². The van der Waals surface area contributed by atoms with Crippen molar-refractivity contribution in [1.82, 2.24) is 20.1 Å². The van der Waals surface area contributed by atoms with E-state index in [9.17, 15) is 4.79 Å². The largest absolute Gasteiger partial charge is 0.383 e. The van der Waals surface area contributed by atoms with Crippen molar-refractivity contribution >= 4 is 17.7 Å². The van der Waals surface area contributed by atoms with E-state index in [1.165, 1.54) is 11.8 Å². The molecule has 108 valence electrons. The fraction of sp³-hybridized carbons (Fsp3) is 0.750. The number of nitrogens with one attached hydrogen (secondary N) is 1. The number of ether oxygens (including phenoxy) is 1. The molecule has 0 bridgehead atoms. The van der Waals surface area contributed by atoms with E-state index in [4.69, 9.17) is 4.74 Å². The van der Waals surface area contributed by atoms with Crippen molar-refractivity contribution in [3.63, 3.8) is 0 Å². The maximum Gasteiger partial charge on any atom is 0.230 e. The van der Waals surface area contributed by atoms with Crippen LogP contribution in [0.15, 0.2) is 11.5 Å². The zero-order valence-corrected chi connectivity index (χ0v) is 12.8. The molecule has 0 atom stereocenters. The normalized spacial score (nSPS) is 11.6. The summed E-state index contributed by atoms with van der Waals surface area (Å²) in [5.74, 6) is 0.355. The van der Waals surface area contributed by atoms with Gasteiger partial charge in [0.15, 0.2) is 5.16 Å². The second-order valence-corrected chi connectivity index (χ2v) is 5.82. The zero-order chi connectivity index (χ0) is 14.3. The average molecular weight is 286 g/mol. The minimum absolute atomic E-state index is 0.0122. The number of methoxy groups -OCH3 is 1. The first-order valence-electron chi connectivity index (χ1n) is 6.29.